The lowest BCUT2D eigenvalue weighted by atomic mass is 10.1. The molecular weight excluding hydrogens is 266 g/mol. The molecule has 0 bridgehead atoms. The van der Waals surface area contributed by atoms with Crippen LogP contribution in [-0.2, 0) is 9.59 Å². The van der Waals surface area contributed by atoms with E-state index in [0.717, 1.165) is 24.2 Å². The van der Waals surface area contributed by atoms with E-state index in [1.165, 1.54) is 0 Å². The fourth-order valence-corrected chi connectivity index (χ4v) is 2.39. The van der Waals surface area contributed by atoms with E-state index in [-0.39, 0.29) is 18.2 Å². The molecule has 21 heavy (non-hydrogen) atoms. The third kappa shape index (κ3) is 3.41. The van der Waals surface area contributed by atoms with Gasteiger partial charge in [0.05, 0.1) is 6.04 Å². The second kappa shape index (κ2) is 6.42. The van der Waals surface area contributed by atoms with Crippen molar-refractivity contribution in [3.63, 3.8) is 0 Å². The van der Waals surface area contributed by atoms with Crippen molar-refractivity contribution in [1.29, 1.82) is 0 Å². The smallest absolute Gasteiger partial charge is 0.242 e. The number of hydrogen-bond acceptors (Lipinski definition) is 3. The normalized spacial score (nSPS) is 15.7. The molecule has 2 amide bonds. The molecule has 110 valence electrons. The van der Waals surface area contributed by atoms with Crippen molar-refractivity contribution in [1.82, 2.24) is 0 Å². The second-order valence-corrected chi connectivity index (χ2v) is 5.15. The van der Waals surface area contributed by atoms with Gasteiger partial charge in [0.25, 0.3) is 0 Å². The fourth-order valence-electron chi connectivity index (χ4n) is 2.39. The highest BCUT2D eigenvalue weighted by atomic mass is 16.2. The highest BCUT2D eigenvalue weighted by Crippen LogP contribution is 2.27. The van der Waals surface area contributed by atoms with Gasteiger partial charge in [0.1, 0.15) is 0 Å². The molecule has 5 heteroatoms. The summed E-state index contributed by atoms with van der Waals surface area (Å²) in [4.78, 5) is 25.4. The number of aryl methyl sites for hydroxylation is 1. The van der Waals surface area contributed by atoms with Crippen LogP contribution >= 0.6 is 0 Å². The Bertz CT molecular complexity index is 604. The topological polar surface area (TPSA) is 75.4 Å². The molecule has 0 aliphatic carbocycles. The molecule has 0 radical (unpaired) electrons. The molecule has 3 N–H and O–H groups in total. The molecule has 0 aromatic heterocycles. The van der Waals surface area contributed by atoms with E-state index in [1.807, 2.05) is 19.1 Å². The minimum atomic E-state index is -0.713. The largest absolute Gasteiger partial charge is 0.325 e. The van der Waals surface area contributed by atoms with Crippen LogP contribution in [-0.4, -0.2) is 24.4 Å². The monoisotopic (exact) mass is 285 g/mol. The first kappa shape index (κ1) is 15.1. The first-order chi connectivity index (χ1) is 10.0. The minimum absolute atomic E-state index is 0.144. The number of carbonyl (C=O) groups is 2. The number of hydrogen-bond donors (Lipinski definition) is 2. The van der Waals surface area contributed by atoms with Crippen LogP contribution in [0.1, 0.15) is 24.8 Å². The van der Waals surface area contributed by atoms with Crippen LogP contribution in [0.3, 0.4) is 0 Å². The van der Waals surface area contributed by atoms with Crippen LogP contribution in [0.2, 0.25) is 0 Å². The van der Waals surface area contributed by atoms with Crippen LogP contribution in [0.25, 0.3) is 0 Å². The molecule has 0 spiro atoms. The Morgan fingerprint density at radius 2 is 2.33 bits per heavy atom. The number of rotatable bonds is 4. The van der Waals surface area contributed by atoms with Crippen LogP contribution in [0, 0.1) is 19.3 Å². The average molecular weight is 285 g/mol. The lowest BCUT2D eigenvalue weighted by molar-refractivity contribution is -0.118. The first-order valence-electron chi connectivity index (χ1n) is 6.94. The van der Waals surface area contributed by atoms with E-state index in [4.69, 9.17) is 12.2 Å². The summed E-state index contributed by atoms with van der Waals surface area (Å²) in [6.45, 7) is 2.66. The van der Waals surface area contributed by atoms with Gasteiger partial charge in [0.15, 0.2) is 0 Å². The number of nitrogens with zero attached hydrogens (tertiary/aromatic N) is 1. The van der Waals surface area contributed by atoms with Crippen LogP contribution in [0.5, 0.6) is 0 Å². The Hall–Kier alpha value is -2.32. The summed E-state index contributed by atoms with van der Waals surface area (Å²) < 4.78 is 0. The standard InChI is InChI=1S/C16H19N3O2/c1-3-5-13(17)16(21)18-12-7-8-14(11(2)10-12)19-9-4-6-15(19)20/h1,7-8,10,13H,4-6,9,17H2,2H3,(H,18,21). The fraction of sp³-hybridized carbons (Fsp3) is 0.375. The Morgan fingerprint density at radius 1 is 1.57 bits per heavy atom. The molecule has 1 aliphatic rings. The molecule has 1 aliphatic heterocycles. The lowest BCUT2D eigenvalue weighted by Gasteiger charge is -2.19. The average Bonchev–Trinajstić information content (AvgIpc) is 2.85. The molecule has 1 aromatic carbocycles. The summed E-state index contributed by atoms with van der Waals surface area (Å²) in [5.74, 6) is 2.20. The Balaban J connectivity index is 2.11. The molecular formula is C16H19N3O2. The minimum Gasteiger partial charge on any atom is -0.325 e. The quantitative estimate of drug-likeness (QED) is 0.821. The Labute approximate surface area is 124 Å². The summed E-state index contributed by atoms with van der Waals surface area (Å²) in [5, 5.41) is 2.73. The van der Waals surface area contributed by atoms with Gasteiger partial charge in [-0.2, -0.15) is 0 Å². The van der Waals surface area contributed by atoms with E-state index >= 15 is 0 Å². The van der Waals surface area contributed by atoms with Crippen molar-refractivity contribution in [2.45, 2.75) is 32.2 Å². The van der Waals surface area contributed by atoms with E-state index in [1.54, 1.807) is 11.0 Å². The van der Waals surface area contributed by atoms with E-state index in [0.29, 0.717) is 12.1 Å². The lowest BCUT2D eigenvalue weighted by Crippen LogP contribution is -2.35. The molecule has 2 rings (SSSR count). The van der Waals surface area contributed by atoms with Crippen molar-refractivity contribution in [2.24, 2.45) is 5.73 Å². The predicted molar refractivity (Wildman–Crippen MR) is 82.8 cm³/mol. The number of nitrogens with one attached hydrogen (secondary N) is 1. The molecule has 0 saturated carbocycles. The van der Waals surface area contributed by atoms with Crippen LogP contribution in [0.15, 0.2) is 18.2 Å². The molecule has 1 unspecified atom stereocenters. The zero-order valence-electron chi connectivity index (χ0n) is 12.1. The van der Waals surface area contributed by atoms with Gasteiger partial charge >= 0.3 is 0 Å². The summed E-state index contributed by atoms with van der Waals surface area (Å²) in [5.41, 5.74) is 8.14. The summed E-state index contributed by atoms with van der Waals surface area (Å²) in [6.07, 6.45) is 6.82. The zero-order valence-corrected chi connectivity index (χ0v) is 12.1. The molecule has 5 nitrogen and oxygen atoms in total. The zero-order chi connectivity index (χ0) is 15.4. The third-order valence-corrected chi connectivity index (χ3v) is 3.50. The van der Waals surface area contributed by atoms with E-state index < -0.39 is 6.04 Å². The summed E-state index contributed by atoms with van der Waals surface area (Å²) >= 11 is 0. The number of amides is 2. The summed E-state index contributed by atoms with van der Waals surface area (Å²) in [7, 11) is 0. The van der Waals surface area contributed by atoms with Crippen LogP contribution < -0.4 is 16.0 Å². The highest BCUT2D eigenvalue weighted by Gasteiger charge is 2.23. The molecule has 1 heterocycles. The molecule has 1 aromatic rings. The van der Waals surface area contributed by atoms with Gasteiger partial charge in [-0.15, -0.1) is 12.3 Å². The third-order valence-electron chi connectivity index (χ3n) is 3.50. The van der Waals surface area contributed by atoms with Crippen molar-refractivity contribution in [2.75, 3.05) is 16.8 Å². The predicted octanol–water partition coefficient (Wildman–Crippen LogP) is 1.41. The van der Waals surface area contributed by atoms with Gasteiger partial charge in [-0.1, -0.05) is 0 Å². The van der Waals surface area contributed by atoms with Crippen molar-refractivity contribution in [3.8, 4) is 12.3 Å². The Morgan fingerprint density at radius 3 is 2.90 bits per heavy atom. The second-order valence-electron chi connectivity index (χ2n) is 5.15. The van der Waals surface area contributed by atoms with Crippen LogP contribution in [0.4, 0.5) is 11.4 Å². The summed E-state index contributed by atoms with van der Waals surface area (Å²) in [6, 6.07) is 4.74. The number of terminal acetylenes is 1. The molecule has 1 saturated heterocycles. The number of anilines is 2. The Kier molecular flexibility index (Phi) is 4.61. The maximum absolute atomic E-state index is 11.8. The first-order valence-corrected chi connectivity index (χ1v) is 6.94. The van der Waals surface area contributed by atoms with Gasteiger partial charge in [-0.3, -0.25) is 9.59 Å². The van der Waals surface area contributed by atoms with Crippen molar-refractivity contribution >= 4 is 23.2 Å². The van der Waals surface area contributed by atoms with Gasteiger partial charge in [0.2, 0.25) is 11.8 Å². The number of benzene rings is 1. The van der Waals surface area contributed by atoms with Crippen molar-refractivity contribution in [3.05, 3.63) is 23.8 Å². The van der Waals surface area contributed by atoms with Gasteiger partial charge in [-0.05, 0) is 37.1 Å². The molecule has 1 atom stereocenters. The maximum Gasteiger partial charge on any atom is 0.242 e. The van der Waals surface area contributed by atoms with Gasteiger partial charge < -0.3 is 16.0 Å². The number of nitrogens with two attached hydrogens (primary N) is 1. The van der Waals surface area contributed by atoms with E-state index in [9.17, 15) is 9.59 Å². The van der Waals surface area contributed by atoms with E-state index in [2.05, 4.69) is 11.2 Å². The highest BCUT2D eigenvalue weighted by molar-refractivity contribution is 5.97. The maximum atomic E-state index is 11.8. The number of carbonyl (C=O) groups excluding carboxylic acids is 2. The van der Waals surface area contributed by atoms with Gasteiger partial charge in [0, 0.05) is 30.8 Å². The van der Waals surface area contributed by atoms with Crippen molar-refractivity contribution < 1.29 is 9.59 Å². The molecule has 1 fully saturated rings. The van der Waals surface area contributed by atoms with Gasteiger partial charge in [-0.25, -0.2) is 0 Å². The SMILES string of the molecule is C#CCC(N)C(=O)Nc1ccc(N2CCCC2=O)c(C)c1.